The number of anilines is 1. The molecule has 0 aliphatic carbocycles. The normalized spacial score (nSPS) is 16.4. The molecule has 3 amide bonds. The SMILES string of the molecule is O=C1NC(=O)C(Cc2cnc3cc(NC(=O)c4ccccc4)ccc3c2)S1. The van der Waals surface area contributed by atoms with Gasteiger partial charge in [0.05, 0.1) is 10.8 Å². The highest BCUT2D eigenvalue weighted by Gasteiger charge is 2.31. The van der Waals surface area contributed by atoms with Gasteiger partial charge in [0.25, 0.3) is 11.1 Å². The first kappa shape index (κ1) is 17.2. The maximum atomic E-state index is 12.3. The molecule has 134 valence electrons. The number of rotatable bonds is 4. The Hall–Kier alpha value is -3.19. The van der Waals surface area contributed by atoms with Gasteiger partial charge in [-0.15, -0.1) is 0 Å². The summed E-state index contributed by atoms with van der Waals surface area (Å²) in [5.41, 5.74) is 2.87. The molecule has 0 saturated carbocycles. The van der Waals surface area contributed by atoms with Crippen molar-refractivity contribution in [2.75, 3.05) is 5.32 Å². The van der Waals surface area contributed by atoms with Crippen molar-refractivity contribution in [3.8, 4) is 0 Å². The van der Waals surface area contributed by atoms with E-state index in [2.05, 4.69) is 15.6 Å². The number of carbonyl (C=O) groups is 3. The number of pyridine rings is 1. The lowest BCUT2D eigenvalue weighted by Crippen LogP contribution is -2.25. The van der Waals surface area contributed by atoms with Crippen LogP contribution in [-0.4, -0.2) is 27.3 Å². The van der Waals surface area contributed by atoms with Crippen LogP contribution in [0.1, 0.15) is 15.9 Å². The second-order valence-electron chi connectivity index (χ2n) is 6.16. The lowest BCUT2D eigenvalue weighted by Gasteiger charge is -2.09. The fraction of sp³-hybridized carbons (Fsp3) is 0.100. The number of thioether (sulfide) groups is 1. The third kappa shape index (κ3) is 3.83. The van der Waals surface area contributed by atoms with E-state index in [0.717, 1.165) is 28.2 Å². The van der Waals surface area contributed by atoms with Crippen molar-refractivity contribution in [2.45, 2.75) is 11.7 Å². The summed E-state index contributed by atoms with van der Waals surface area (Å²) in [6.45, 7) is 0. The molecular formula is C20H15N3O3S. The van der Waals surface area contributed by atoms with Crippen LogP contribution in [0.15, 0.2) is 60.8 Å². The van der Waals surface area contributed by atoms with E-state index in [4.69, 9.17) is 0 Å². The van der Waals surface area contributed by atoms with Gasteiger partial charge in [0.2, 0.25) is 5.91 Å². The molecule has 1 aromatic heterocycles. The molecule has 1 aliphatic heterocycles. The standard InChI is InChI=1S/C20H15N3O3S/c24-18(13-4-2-1-3-5-13)22-15-7-6-14-8-12(11-21-16(14)10-15)9-17-19(25)23-20(26)27-17/h1-8,10-11,17H,9H2,(H,22,24)(H,23,25,26). The van der Waals surface area contributed by atoms with Gasteiger partial charge in [-0.2, -0.15) is 0 Å². The van der Waals surface area contributed by atoms with Crippen molar-refractivity contribution in [1.82, 2.24) is 10.3 Å². The molecule has 6 nitrogen and oxygen atoms in total. The predicted octanol–water partition coefficient (Wildman–Crippen LogP) is 3.38. The van der Waals surface area contributed by atoms with Crippen molar-refractivity contribution in [3.05, 3.63) is 71.9 Å². The van der Waals surface area contributed by atoms with E-state index in [1.807, 2.05) is 36.4 Å². The summed E-state index contributed by atoms with van der Waals surface area (Å²) in [4.78, 5) is 39.7. The van der Waals surface area contributed by atoms with Crippen LogP contribution in [0.2, 0.25) is 0 Å². The van der Waals surface area contributed by atoms with Gasteiger partial charge in [-0.1, -0.05) is 36.0 Å². The molecule has 1 unspecified atom stereocenters. The zero-order valence-electron chi connectivity index (χ0n) is 14.1. The van der Waals surface area contributed by atoms with E-state index in [9.17, 15) is 14.4 Å². The van der Waals surface area contributed by atoms with Gasteiger partial charge >= 0.3 is 0 Å². The Morgan fingerprint density at radius 1 is 1.11 bits per heavy atom. The highest BCUT2D eigenvalue weighted by molar-refractivity contribution is 8.15. The average molecular weight is 377 g/mol. The summed E-state index contributed by atoms with van der Waals surface area (Å²) in [5, 5.41) is 5.33. The number of fused-ring (bicyclic) bond motifs is 1. The van der Waals surface area contributed by atoms with Gasteiger partial charge in [0.15, 0.2) is 0 Å². The maximum absolute atomic E-state index is 12.3. The minimum absolute atomic E-state index is 0.180. The molecule has 1 atom stereocenters. The molecular weight excluding hydrogens is 362 g/mol. The van der Waals surface area contributed by atoms with Crippen molar-refractivity contribution >= 4 is 45.4 Å². The van der Waals surface area contributed by atoms with Gasteiger partial charge < -0.3 is 5.32 Å². The number of nitrogens with zero attached hydrogens (tertiary/aromatic N) is 1. The molecule has 0 bridgehead atoms. The van der Waals surface area contributed by atoms with Crippen LogP contribution < -0.4 is 10.6 Å². The van der Waals surface area contributed by atoms with Crippen LogP contribution in [0.3, 0.4) is 0 Å². The van der Waals surface area contributed by atoms with Gasteiger partial charge in [0, 0.05) is 22.8 Å². The van der Waals surface area contributed by atoms with Crippen molar-refractivity contribution < 1.29 is 14.4 Å². The minimum atomic E-state index is -0.416. The Balaban J connectivity index is 1.51. The van der Waals surface area contributed by atoms with Crippen LogP contribution in [0, 0.1) is 0 Å². The Bertz CT molecular complexity index is 1050. The number of hydrogen-bond donors (Lipinski definition) is 2. The molecule has 1 aliphatic rings. The quantitative estimate of drug-likeness (QED) is 0.728. The molecule has 27 heavy (non-hydrogen) atoms. The lowest BCUT2D eigenvalue weighted by molar-refractivity contribution is -0.118. The van der Waals surface area contributed by atoms with E-state index >= 15 is 0 Å². The molecule has 0 spiro atoms. The number of imide groups is 1. The number of nitrogens with one attached hydrogen (secondary N) is 2. The molecule has 2 aromatic carbocycles. The smallest absolute Gasteiger partial charge is 0.286 e. The molecule has 2 N–H and O–H groups in total. The Labute approximate surface area is 159 Å². The molecule has 4 rings (SSSR count). The molecule has 3 aromatic rings. The van der Waals surface area contributed by atoms with Crippen molar-refractivity contribution in [1.29, 1.82) is 0 Å². The average Bonchev–Trinajstić information content (AvgIpc) is 2.99. The third-order valence-corrected chi connectivity index (χ3v) is 5.20. The van der Waals surface area contributed by atoms with E-state index in [-0.39, 0.29) is 17.1 Å². The summed E-state index contributed by atoms with van der Waals surface area (Å²) in [5.74, 6) is -0.440. The highest BCUT2D eigenvalue weighted by atomic mass is 32.2. The minimum Gasteiger partial charge on any atom is -0.322 e. The van der Waals surface area contributed by atoms with E-state index in [1.165, 1.54) is 0 Å². The van der Waals surface area contributed by atoms with E-state index in [0.29, 0.717) is 17.7 Å². The third-order valence-electron chi connectivity index (χ3n) is 4.22. The first-order chi connectivity index (χ1) is 13.1. The number of carbonyl (C=O) groups excluding carboxylic acids is 3. The Morgan fingerprint density at radius 3 is 2.67 bits per heavy atom. The fourth-order valence-corrected chi connectivity index (χ4v) is 3.75. The fourth-order valence-electron chi connectivity index (χ4n) is 2.89. The van der Waals surface area contributed by atoms with Crippen molar-refractivity contribution in [2.24, 2.45) is 0 Å². The lowest BCUT2D eigenvalue weighted by atomic mass is 10.1. The first-order valence-electron chi connectivity index (χ1n) is 8.35. The molecule has 1 saturated heterocycles. The van der Waals surface area contributed by atoms with Crippen LogP contribution >= 0.6 is 11.8 Å². The second kappa shape index (κ2) is 7.20. The summed E-state index contributed by atoms with van der Waals surface area (Å²) in [6.07, 6.45) is 2.14. The molecule has 0 radical (unpaired) electrons. The van der Waals surface area contributed by atoms with Crippen LogP contribution in [0.5, 0.6) is 0 Å². The topological polar surface area (TPSA) is 88.2 Å². The zero-order valence-corrected chi connectivity index (χ0v) is 15.0. The largest absolute Gasteiger partial charge is 0.322 e. The Kier molecular flexibility index (Phi) is 4.60. The van der Waals surface area contributed by atoms with E-state index < -0.39 is 5.25 Å². The highest BCUT2D eigenvalue weighted by Crippen LogP contribution is 2.25. The van der Waals surface area contributed by atoms with Gasteiger partial charge in [0.1, 0.15) is 0 Å². The zero-order chi connectivity index (χ0) is 18.8. The van der Waals surface area contributed by atoms with Gasteiger partial charge in [-0.3, -0.25) is 24.7 Å². The van der Waals surface area contributed by atoms with Crippen LogP contribution in [0.4, 0.5) is 10.5 Å². The van der Waals surface area contributed by atoms with Crippen LogP contribution in [0.25, 0.3) is 10.9 Å². The summed E-state index contributed by atoms with van der Waals surface area (Å²) >= 11 is 1.01. The molecule has 2 heterocycles. The van der Waals surface area contributed by atoms with E-state index in [1.54, 1.807) is 24.4 Å². The predicted molar refractivity (Wildman–Crippen MR) is 105 cm³/mol. The number of hydrogen-bond acceptors (Lipinski definition) is 5. The Morgan fingerprint density at radius 2 is 1.93 bits per heavy atom. The van der Waals surface area contributed by atoms with Gasteiger partial charge in [-0.25, -0.2) is 0 Å². The summed E-state index contributed by atoms with van der Waals surface area (Å²) in [7, 11) is 0. The first-order valence-corrected chi connectivity index (χ1v) is 9.23. The van der Waals surface area contributed by atoms with Gasteiger partial charge in [-0.05, 0) is 42.3 Å². The molecule has 7 heteroatoms. The maximum Gasteiger partial charge on any atom is 0.286 e. The monoisotopic (exact) mass is 377 g/mol. The summed E-state index contributed by atoms with van der Waals surface area (Å²) < 4.78 is 0. The number of amides is 3. The number of aromatic nitrogens is 1. The second-order valence-corrected chi connectivity index (χ2v) is 7.33. The van der Waals surface area contributed by atoms with Crippen molar-refractivity contribution in [3.63, 3.8) is 0 Å². The summed E-state index contributed by atoms with van der Waals surface area (Å²) in [6, 6.07) is 16.4. The molecule has 1 fully saturated rings. The number of benzene rings is 2. The van der Waals surface area contributed by atoms with Crippen LogP contribution in [-0.2, 0) is 11.2 Å².